The number of nitrogen functional groups attached to an aromatic ring is 1. The van der Waals surface area contributed by atoms with Crippen LogP contribution in [0.4, 0.5) is 11.6 Å². The molecule has 0 aliphatic rings. The third-order valence-electron chi connectivity index (χ3n) is 2.30. The van der Waals surface area contributed by atoms with Crippen molar-refractivity contribution in [3.8, 4) is 0 Å². The van der Waals surface area contributed by atoms with Crippen molar-refractivity contribution < 1.29 is 4.79 Å². The van der Waals surface area contributed by atoms with E-state index in [1.807, 2.05) is 20.8 Å². The van der Waals surface area contributed by atoms with Crippen molar-refractivity contribution in [1.29, 1.82) is 0 Å². The average molecular weight is 237 g/mol. The Morgan fingerprint density at radius 2 is 2.00 bits per heavy atom. The maximum Gasteiger partial charge on any atom is 0.242 e. The average Bonchev–Trinajstić information content (AvgIpc) is 2.23. The fraction of sp³-hybridized carbons (Fsp3) is 0.545. The van der Waals surface area contributed by atoms with Crippen molar-refractivity contribution in [1.82, 2.24) is 15.3 Å². The molecular weight excluding hydrogens is 218 g/mol. The maximum atomic E-state index is 11.7. The molecule has 94 valence electrons. The van der Waals surface area contributed by atoms with Gasteiger partial charge in [-0.15, -0.1) is 0 Å². The number of nitrogens with zero attached hydrogens (tertiary/aromatic N) is 2. The second-order valence-electron chi connectivity index (χ2n) is 4.26. The van der Waals surface area contributed by atoms with Crippen LogP contribution in [0.2, 0.25) is 0 Å². The van der Waals surface area contributed by atoms with Crippen LogP contribution in [0, 0.1) is 6.92 Å². The molecule has 1 aromatic heterocycles. The monoisotopic (exact) mass is 237 g/mol. The van der Waals surface area contributed by atoms with E-state index < -0.39 is 0 Å². The van der Waals surface area contributed by atoms with Gasteiger partial charge < -0.3 is 16.4 Å². The predicted octanol–water partition coefficient (Wildman–Crippen LogP) is 0.692. The van der Waals surface area contributed by atoms with E-state index in [-0.39, 0.29) is 18.0 Å². The summed E-state index contributed by atoms with van der Waals surface area (Å²) in [4.78, 5) is 19.6. The van der Waals surface area contributed by atoms with Gasteiger partial charge in [0.1, 0.15) is 24.0 Å². The molecule has 6 heteroatoms. The van der Waals surface area contributed by atoms with E-state index in [0.717, 1.165) is 5.56 Å². The van der Waals surface area contributed by atoms with E-state index in [1.54, 1.807) is 6.92 Å². The molecule has 0 saturated heterocycles. The molecule has 1 aromatic rings. The molecule has 0 fully saturated rings. The van der Waals surface area contributed by atoms with E-state index in [0.29, 0.717) is 11.6 Å². The van der Waals surface area contributed by atoms with Crippen molar-refractivity contribution >= 4 is 17.5 Å². The molecule has 0 aromatic carbocycles. The molecule has 1 rings (SSSR count). The van der Waals surface area contributed by atoms with E-state index in [9.17, 15) is 4.79 Å². The van der Waals surface area contributed by atoms with Gasteiger partial charge in [-0.05, 0) is 27.7 Å². The zero-order chi connectivity index (χ0) is 13.0. The van der Waals surface area contributed by atoms with Crippen LogP contribution < -0.4 is 16.4 Å². The summed E-state index contributed by atoms with van der Waals surface area (Å²) in [6, 6.07) is -0.256. The third-order valence-corrected chi connectivity index (χ3v) is 2.30. The number of aromatic nitrogens is 2. The van der Waals surface area contributed by atoms with Crippen LogP contribution in [0.15, 0.2) is 6.33 Å². The molecule has 1 heterocycles. The largest absolute Gasteiger partial charge is 0.383 e. The standard InChI is InChI=1S/C11H19N5O/c1-6(2)15-11(17)8(4)16-10-7(3)9(12)13-5-14-10/h5-6,8H,1-4H3,(H,15,17)(H3,12,13,14,16). The summed E-state index contributed by atoms with van der Waals surface area (Å²) in [6.45, 7) is 7.41. The van der Waals surface area contributed by atoms with Crippen LogP contribution in [0.25, 0.3) is 0 Å². The summed E-state index contributed by atoms with van der Waals surface area (Å²) in [5, 5.41) is 5.83. The maximum absolute atomic E-state index is 11.7. The topological polar surface area (TPSA) is 92.9 Å². The lowest BCUT2D eigenvalue weighted by Gasteiger charge is -2.17. The molecule has 0 bridgehead atoms. The molecule has 4 N–H and O–H groups in total. The van der Waals surface area contributed by atoms with Crippen LogP contribution in [-0.4, -0.2) is 28.0 Å². The Morgan fingerprint density at radius 1 is 1.35 bits per heavy atom. The molecule has 17 heavy (non-hydrogen) atoms. The van der Waals surface area contributed by atoms with Crippen LogP contribution in [0.5, 0.6) is 0 Å². The summed E-state index contributed by atoms with van der Waals surface area (Å²) in [5.41, 5.74) is 6.41. The number of amides is 1. The third kappa shape index (κ3) is 3.58. The minimum Gasteiger partial charge on any atom is -0.383 e. The van der Waals surface area contributed by atoms with Gasteiger partial charge in [0.25, 0.3) is 0 Å². The fourth-order valence-electron chi connectivity index (χ4n) is 1.29. The smallest absolute Gasteiger partial charge is 0.242 e. The Labute approximate surface area is 101 Å². The summed E-state index contributed by atoms with van der Waals surface area (Å²) < 4.78 is 0. The number of nitrogens with two attached hydrogens (primary N) is 1. The van der Waals surface area contributed by atoms with E-state index in [4.69, 9.17) is 5.73 Å². The van der Waals surface area contributed by atoms with Crippen molar-refractivity contribution in [2.24, 2.45) is 0 Å². The predicted molar refractivity (Wildman–Crippen MR) is 67.5 cm³/mol. The number of rotatable bonds is 4. The normalized spacial score (nSPS) is 12.3. The van der Waals surface area contributed by atoms with Gasteiger partial charge in [0.05, 0.1) is 0 Å². The Morgan fingerprint density at radius 3 is 2.59 bits per heavy atom. The first-order valence-electron chi connectivity index (χ1n) is 5.55. The highest BCUT2D eigenvalue weighted by atomic mass is 16.2. The van der Waals surface area contributed by atoms with E-state index in [1.165, 1.54) is 6.33 Å². The molecule has 1 unspecified atom stereocenters. The first-order valence-corrected chi connectivity index (χ1v) is 5.55. The van der Waals surface area contributed by atoms with Crippen LogP contribution >= 0.6 is 0 Å². The summed E-state index contributed by atoms with van der Waals surface area (Å²) in [6.07, 6.45) is 1.37. The van der Waals surface area contributed by atoms with Gasteiger partial charge in [-0.2, -0.15) is 0 Å². The lowest BCUT2D eigenvalue weighted by atomic mass is 10.2. The molecule has 0 aliphatic carbocycles. The summed E-state index contributed by atoms with van der Waals surface area (Å²) >= 11 is 0. The first kappa shape index (κ1) is 13.2. The molecule has 0 aliphatic heterocycles. The Kier molecular flexibility index (Phi) is 4.25. The van der Waals surface area contributed by atoms with Gasteiger partial charge in [0.15, 0.2) is 0 Å². The van der Waals surface area contributed by atoms with Gasteiger partial charge in [-0.1, -0.05) is 0 Å². The van der Waals surface area contributed by atoms with Crippen molar-refractivity contribution in [2.75, 3.05) is 11.1 Å². The van der Waals surface area contributed by atoms with Gasteiger partial charge in [0, 0.05) is 11.6 Å². The minimum absolute atomic E-state index is 0.0726. The quantitative estimate of drug-likeness (QED) is 0.716. The van der Waals surface area contributed by atoms with Crippen LogP contribution in [0.1, 0.15) is 26.3 Å². The summed E-state index contributed by atoms with van der Waals surface area (Å²) in [5.74, 6) is 0.930. The lowest BCUT2D eigenvalue weighted by molar-refractivity contribution is -0.122. The number of anilines is 2. The molecule has 6 nitrogen and oxygen atoms in total. The molecule has 0 saturated carbocycles. The number of carbonyl (C=O) groups is 1. The second kappa shape index (κ2) is 5.47. The lowest BCUT2D eigenvalue weighted by Crippen LogP contribution is -2.41. The highest BCUT2D eigenvalue weighted by molar-refractivity contribution is 5.84. The Bertz CT molecular complexity index is 405. The van der Waals surface area contributed by atoms with Gasteiger partial charge in [-0.3, -0.25) is 4.79 Å². The highest BCUT2D eigenvalue weighted by Gasteiger charge is 2.15. The molecule has 1 amide bonds. The number of nitrogens with one attached hydrogen (secondary N) is 2. The Balaban J connectivity index is 2.71. The van der Waals surface area contributed by atoms with Gasteiger partial charge >= 0.3 is 0 Å². The fourth-order valence-corrected chi connectivity index (χ4v) is 1.29. The zero-order valence-corrected chi connectivity index (χ0v) is 10.6. The SMILES string of the molecule is Cc1c(N)ncnc1NC(C)C(=O)NC(C)C. The number of hydrogen-bond acceptors (Lipinski definition) is 5. The molecule has 0 radical (unpaired) electrons. The number of carbonyl (C=O) groups excluding carboxylic acids is 1. The van der Waals surface area contributed by atoms with Crippen molar-refractivity contribution in [2.45, 2.75) is 39.8 Å². The van der Waals surface area contributed by atoms with Gasteiger partial charge in [-0.25, -0.2) is 9.97 Å². The minimum atomic E-state index is -0.370. The van der Waals surface area contributed by atoms with Gasteiger partial charge in [0.2, 0.25) is 5.91 Å². The van der Waals surface area contributed by atoms with Crippen LogP contribution in [0.3, 0.4) is 0 Å². The number of hydrogen-bond donors (Lipinski definition) is 3. The second-order valence-corrected chi connectivity index (χ2v) is 4.26. The van der Waals surface area contributed by atoms with E-state index >= 15 is 0 Å². The molecular formula is C11H19N5O. The zero-order valence-electron chi connectivity index (χ0n) is 10.6. The van der Waals surface area contributed by atoms with Crippen molar-refractivity contribution in [3.63, 3.8) is 0 Å². The molecule has 1 atom stereocenters. The van der Waals surface area contributed by atoms with Crippen LogP contribution in [-0.2, 0) is 4.79 Å². The summed E-state index contributed by atoms with van der Waals surface area (Å²) in [7, 11) is 0. The Hall–Kier alpha value is -1.85. The van der Waals surface area contributed by atoms with Crippen molar-refractivity contribution in [3.05, 3.63) is 11.9 Å². The molecule has 0 spiro atoms. The highest BCUT2D eigenvalue weighted by Crippen LogP contribution is 2.15. The first-order chi connectivity index (χ1) is 7.91. The van der Waals surface area contributed by atoms with E-state index in [2.05, 4.69) is 20.6 Å².